The van der Waals surface area contributed by atoms with Gasteiger partial charge in [0.05, 0.1) is 26.4 Å². The quantitative estimate of drug-likeness (QED) is 0.0222. The van der Waals surface area contributed by atoms with Gasteiger partial charge in [0.15, 0.2) is 12.2 Å². The lowest BCUT2D eigenvalue weighted by Gasteiger charge is -2.21. The summed E-state index contributed by atoms with van der Waals surface area (Å²) >= 11 is 0. The minimum Gasteiger partial charge on any atom is -0.462 e. The molecule has 0 aliphatic heterocycles. The third-order valence-electron chi connectivity index (χ3n) is 18.3. The van der Waals surface area contributed by atoms with Crippen LogP contribution in [0.3, 0.4) is 0 Å². The zero-order valence-corrected chi connectivity index (χ0v) is 64.1. The summed E-state index contributed by atoms with van der Waals surface area (Å²) in [5.41, 5.74) is 0. The highest BCUT2D eigenvalue weighted by molar-refractivity contribution is 7.47. The number of phosphoric acid groups is 2. The van der Waals surface area contributed by atoms with Gasteiger partial charge >= 0.3 is 39.5 Å². The van der Waals surface area contributed by atoms with Gasteiger partial charge in [-0.2, -0.15) is 0 Å². The van der Waals surface area contributed by atoms with Crippen LogP contribution < -0.4 is 0 Å². The maximum Gasteiger partial charge on any atom is 0.472 e. The number of phosphoric ester groups is 2. The van der Waals surface area contributed by atoms with Gasteiger partial charge in [-0.25, -0.2) is 9.13 Å². The summed E-state index contributed by atoms with van der Waals surface area (Å²) in [4.78, 5) is 72.8. The Morgan fingerprint density at radius 2 is 0.505 bits per heavy atom. The number of aliphatic hydroxyl groups is 1. The summed E-state index contributed by atoms with van der Waals surface area (Å²) in [6.45, 7) is 14.2. The van der Waals surface area contributed by atoms with Crippen LogP contribution in [0.25, 0.3) is 0 Å². The van der Waals surface area contributed by atoms with Gasteiger partial charge < -0.3 is 33.8 Å². The van der Waals surface area contributed by atoms with Crippen LogP contribution in [0.5, 0.6) is 0 Å². The largest absolute Gasteiger partial charge is 0.472 e. The Balaban J connectivity index is 5.23. The number of rotatable bonds is 73. The molecule has 0 fully saturated rings. The van der Waals surface area contributed by atoms with Crippen molar-refractivity contribution in [1.29, 1.82) is 0 Å². The molecule has 17 nitrogen and oxygen atoms in total. The molecule has 0 bridgehead atoms. The predicted octanol–water partition coefficient (Wildman–Crippen LogP) is 22.0. The van der Waals surface area contributed by atoms with Crippen LogP contribution in [0.4, 0.5) is 0 Å². The van der Waals surface area contributed by atoms with E-state index in [1.807, 2.05) is 0 Å². The second-order valence-corrected chi connectivity index (χ2v) is 31.7. The average Bonchev–Trinajstić information content (AvgIpc) is 1.39. The average molecular weight is 1400 g/mol. The van der Waals surface area contributed by atoms with Gasteiger partial charge in [-0.3, -0.25) is 37.3 Å². The number of carbonyl (C=O) groups excluding carboxylic acids is 4. The highest BCUT2D eigenvalue weighted by Gasteiger charge is 2.30. The van der Waals surface area contributed by atoms with Gasteiger partial charge in [-0.15, -0.1) is 0 Å². The SMILES string of the molecule is CCC(C)CCCCCCCCCCCCCCCCC(=O)O[C@H](COC(=O)CCCCCCCCC(C)CC)COP(=O)(O)OC[C@H](O)COP(=O)(O)OC[C@@H](COC(=O)CCCCCCCCCCC(C)C)OC(=O)CCCCCCCCCCCCCCCC(C)C. The van der Waals surface area contributed by atoms with Crippen molar-refractivity contribution in [2.24, 2.45) is 23.7 Å². The summed E-state index contributed by atoms with van der Waals surface area (Å²) in [6.07, 6.45) is 49.9. The highest BCUT2D eigenvalue weighted by atomic mass is 31.2. The molecule has 0 radical (unpaired) electrons. The molecule has 0 aromatic carbocycles. The summed E-state index contributed by atoms with van der Waals surface area (Å²) in [5, 5.41) is 10.6. The van der Waals surface area contributed by atoms with Crippen molar-refractivity contribution >= 4 is 39.5 Å². The summed E-state index contributed by atoms with van der Waals surface area (Å²) in [5.74, 6) is 0.967. The predicted molar refractivity (Wildman–Crippen MR) is 386 cm³/mol. The van der Waals surface area contributed by atoms with Crippen molar-refractivity contribution in [1.82, 2.24) is 0 Å². The van der Waals surface area contributed by atoms with Crippen molar-refractivity contribution < 1.29 is 80.2 Å². The molecular formula is C76H148O17P2. The van der Waals surface area contributed by atoms with E-state index in [1.165, 1.54) is 180 Å². The fourth-order valence-electron chi connectivity index (χ4n) is 11.5. The molecule has 3 N–H and O–H groups in total. The standard InChI is InChI=1S/C76H148O17P2/c1-9-68(7)54-46-38-30-23-19-15-11-12-16-20-24-32-42-50-58-76(81)93-72(63-87-74(79)57-49-41-35-34-39-47-55-69(8)10-2)65-91-95(84,85)89-61-70(77)60-88-94(82,83)90-64-71(62-86-73(78)56-48-40-31-27-26-29-37-45-53-67(5)6)92-75(80)59-51-43-33-25-21-17-13-14-18-22-28-36-44-52-66(3)4/h66-72,77H,9-65H2,1-8H3,(H,82,83)(H,84,85)/t68?,69?,70-,71-,72-/m1/s1. The van der Waals surface area contributed by atoms with Gasteiger partial charge in [0.1, 0.15) is 19.3 Å². The van der Waals surface area contributed by atoms with Crippen molar-refractivity contribution in [3.8, 4) is 0 Å². The number of hydrogen-bond donors (Lipinski definition) is 3. The van der Waals surface area contributed by atoms with Crippen LogP contribution in [0.15, 0.2) is 0 Å². The maximum atomic E-state index is 13.1. The molecule has 0 saturated heterocycles. The molecule has 0 aromatic rings. The van der Waals surface area contributed by atoms with Crippen molar-refractivity contribution in [2.75, 3.05) is 39.6 Å². The molecule has 0 heterocycles. The van der Waals surface area contributed by atoms with Crippen LogP contribution >= 0.6 is 15.6 Å². The Bertz CT molecular complexity index is 1870. The van der Waals surface area contributed by atoms with E-state index in [2.05, 4.69) is 55.4 Å². The molecule has 564 valence electrons. The van der Waals surface area contributed by atoms with Crippen molar-refractivity contribution in [3.05, 3.63) is 0 Å². The summed E-state index contributed by atoms with van der Waals surface area (Å²) in [7, 11) is -9.91. The Labute approximate surface area is 581 Å². The van der Waals surface area contributed by atoms with E-state index in [9.17, 15) is 43.2 Å². The van der Waals surface area contributed by atoms with Crippen LogP contribution in [0.2, 0.25) is 0 Å². The Morgan fingerprint density at radius 3 is 0.747 bits per heavy atom. The first-order valence-corrected chi connectivity index (χ1v) is 42.3. The molecule has 0 amide bonds. The number of esters is 4. The molecule has 19 heteroatoms. The molecule has 0 spiro atoms. The van der Waals surface area contributed by atoms with Gasteiger partial charge in [0.2, 0.25) is 0 Å². The van der Waals surface area contributed by atoms with Gasteiger partial charge in [-0.05, 0) is 49.4 Å². The second-order valence-electron chi connectivity index (χ2n) is 28.8. The minimum absolute atomic E-state index is 0.106. The monoisotopic (exact) mass is 1400 g/mol. The Hall–Kier alpha value is -1.94. The molecule has 0 saturated carbocycles. The van der Waals surface area contributed by atoms with Gasteiger partial charge in [0, 0.05) is 25.7 Å². The minimum atomic E-state index is -4.96. The summed E-state index contributed by atoms with van der Waals surface area (Å²) in [6, 6.07) is 0. The first-order valence-electron chi connectivity index (χ1n) is 39.3. The lowest BCUT2D eigenvalue weighted by atomic mass is 9.99. The molecule has 0 aliphatic rings. The first kappa shape index (κ1) is 93.1. The molecule has 4 unspecified atom stereocenters. The molecular weight excluding hydrogens is 1250 g/mol. The summed E-state index contributed by atoms with van der Waals surface area (Å²) < 4.78 is 68.5. The zero-order valence-electron chi connectivity index (χ0n) is 62.3. The van der Waals surface area contributed by atoms with E-state index >= 15 is 0 Å². The molecule has 0 aromatic heterocycles. The van der Waals surface area contributed by atoms with E-state index in [-0.39, 0.29) is 25.7 Å². The normalized spacial score (nSPS) is 14.7. The smallest absolute Gasteiger partial charge is 0.462 e. The topological polar surface area (TPSA) is 237 Å². The fourth-order valence-corrected chi connectivity index (χ4v) is 13.1. The number of ether oxygens (including phenoxy) is 4. The number of hydrogen-bond acceptors (Lipinski definition) is 15. The van der Waals surface area contributed by atoms with Crippen molar-refractivity contribution in [3.63, 3.8) is 0 Å². The number of aliphatic hydroxyl groups excluding tert-OH is 1. The van der Waals surface area contributed by atoms with Crippen LogP contribution in [-0.4, -0.2) is 96.7 Å². The van der Waals surface area contributed by atoms with Crippen molar-refractivity contribution in [2.45, 2.75) is 401 Å². The van der Waals surface area contributed by atoms with Gasteiger partial charge in [0.25, 0.3) is 0 Å². The van der Waals surface area contributed by atoms with Crippen LogP contribution in [0, 0.1) is 23.7 Å². The third-order valence-corrected chi connectivity index (χ3v) is 20.2. The fraction of sp³-hybridized carbons (Fsp3) is 0.947. The van der Waals surface area contributed by atoms with Crippen LogP contribution in [-0.2, 0) is 65.4 Å². The zero-order chi connectivity index (χ0) is 70.3. The highest BCUT2D eigenvalue weighted by Crippen LogP contribution is 2.45. The molecule has 0 rings (SSSR count). The Kier molecular flexibility index (Phi) is 64.0. The van der Waals surface area contributed by atoms with E-state index in [4.69, 9.17) is 37.0 Å². The third kappa shape index (κ3) is 67.6. The second kappa shape index (κ2) is 65.4. The van der Waals surface area contributed by atoms with Crippen LogP contribution in [0.1, 0.15) is 383 Å². The maximum absolute atomic E-state index is 13.1. The lowest BCUT2D eigenvalue weighted by molar-refractivity contribution is -0.161. The Morgan fingerprint density at radius 1 is 0.295 bits per heavy atom. The number of carbonyl (C=O) groups is 4. The molecule has 0 aliphatic carbocycles. The number of unbranched alkanes of at least 4 members (excludes halogenated alkanes) is 37. The van der Waals surface area contributed by atoms with E-state index in [0.717, 1.165) is 120 Å². The van der Waals surface area contributed by atoms with Gasteiger partial charge in [-0.1, -0.05) is 331 Å². The molecule has 7 atom stereocenters. The lowest BCUT2D eigenvalue weighted by Crippen LogP contribution is -2.30. The first-order chi connectivity index (χ1) is 45.7. The van der Waals surface area contributed by atoms with E-state index < -0.39 is 97.5 Å². The molecule has 95 heavy (non-hydrogen) atoms. The van der Waals surface area contributed by atoms with E-state index in [1.54, 1.807) is 0 Å². The van der Waals surface area contributed by atoms with E-state index in [0.29, 0.717) is 25.7 Å².